The number of hydrogen-bond acceptors (Lipinski definition) is 13. The minimum atomic E-state index is -4.76. The van der Waals surface area contributed by atoms with Gasteiger partial charge in [-0.1, -0.05) is 10.1 Å². The molecule has 6 N–H and O–H groups in total. The molecule has 18 nitrogen and oxygen atoms in total. The maximum atomic E-state index is 12.6. The number of rotatable bonds is 8. The fourth-order valence-corrected chi connectivity index (χ4v) is 3.90. The number of aromatic amines is 1. The Morgan fingerprint density at radius 2 is 2.08 bits per heavy atom. The predicted octanol–water partition coefficient (Wildman–Crippen LogP) is -0.855. The standard InChI is InChI=1S/C13H17N5O8S2.C3H3N3O2/c1-5-7(10(20)18(5)28(23,24)25)16-9(19)8(6-4-27-12(14)15-6)17-26-13(2,3)11(21)22;7-6(8)3-4-1-2-5-3/h4-5,7H,1-3H3,(H2,14,15)(H,16,19)(H,21,22)(H,23,24,25);1-2H,(H,4,5)/b17-8-;/t5-,7-;/m0./s1. The van der Waals surface area contributed by atoms with Crippen LogP contribution in [0.3, 0.4) is 0 Å². The van der Waals surface area contributed by atoms with Crippen molar-refractivity contribution in [1.82, 2.24) is 24.6 Å². The number of nitrogen functional groups attached to an aromatic ring is 1. The van der Waals surface area contributed by atoms with Crippen molar-refractivity contribution in [2.45, 2.75) is 38.5 Å². The molecule has 2 atom stereocenters. The average molecular weight is 549 g/mol. The van der Waals surface area contributed by atoms with Crippen molar-refractivity contribution >= 4 is 56.2 Å². The number of imidazole rings is 1. The lowest BCUT2D eigenvalue weighted by Crippen LogP contribution is -2.71. The topological polar surface area (TPSA) is 273 Å². The van der Waals surface area contributed by atoms with Gasteiger partial charge in [0.05, 0.1) is 12.2 Å². The first-order chi connectivity index (χ1) is 16.6. The molecule has 1 aliphatic heterocycles. The number of aliphatic carboxylic acids is 1. The number of nitro groups is 1. The summed E-state index contributed by atoms with van der Waals surface area (Å²) in [5, 5.41) is 26.1. The first-order valence-corrected chi connectivity index (χ1v) is 11.8. The number of carboxylic acids is 1. The molecule has 0 unspecified atom stereocenters. The Balaban J connectivity index is 0.000000482. The van der Waals surface area contributed by atoms with E-state index in [0.717, 1.165) is 11.3 Å². The minimum absolute atomic E-state index is 0.0350. The zero-order valence-corrected chi connectivity index (χ0v) is 20.3. The molecule has 2 aromatic rings. The molecule has 2 amide bonds. The largest absolute Gasteiger partial charge is 0.478 e. The molecular weight excluding hydrogens is 528 g/mol. The van der Waals surface area contributed by atoms with Gasteiger partial charge in [0.1, 0.15) is 17.9 Å². The van der Waals surface area contributed by atoms with Gasteiger partial charge in [0.25, 0.3) is 11.8 Å². The summed E-state index contributed by atoms with van der Waals surface area (Å²) in [6.45, 7) is 3.69. The fourth-order valence-electron chi connectivity index (χ4n) is 2.47. The number of nitrogens with two attached hydrogens (primary N) is 1. The van der Waals surface area contributed by atoms with E-state index in [1.54, 1.807) is 0 Å². The van der Waals surface area contributed by atoms with E-state index in [4.69, 9.17) is 20.2 Å². The maximum absolute atomic E-state index is 12.6. The second kappa shape index (κ2) is 10.6. The van der Waals surface area contributed by atoms with Gasteiger partial charge in [-0.15, -0.1) is 11.3 Å². The lowest BCUT2D eigenvalue weighted by Gasteiger charge is -2.42. The maximum Gasteiger partial charge on any atom is 0.432 e. The van der Waals surface area contributed by atoms with Crippen molar-refractivity contribution in [3.8, 4) is 0 Å². The number of carboxylic acid groups (broad SMARTS) is 1. The minimum Gasteiger partial charge on any atom is -0.478 e. The molecule has 0 saturated carbocycles. The number of β-lactam (4-membered cyclic amide) rings is 1. The number of carbonyl (C=O) groups is 3. The molecule has 3 rings (SSSR count). The van der Waals surface area contributed by atoms with Gasteiger partial charge in [-0.05, 0) is 25.7 Å². The van der Waals surface area contributed by atoms with Crippen molar-refractivity contribution in [3.63, 3.8) is 0 Å². The molecule has 0 bridgehead atoms. The monoisotopic (exact) mass is 548 g/mol. The van der Waals surface area contributed by atoms with Crippen LogP contribution in [-0.4, -0.2) is 83.4 Å². The Bertz CT molecular complexity index is 1290. The smallest absolute Gasteiger partial charge is 0.432 e. The van der Waals surface area contributed by atoms with Crippen LogP contribution in [0.2, 0.25) is 0 Å². The van der Waals surface area contributed by atoms with Crippen molar-refractivity contribution < 1.29 is 42.2 Å². The SMILES string of the molecule is C[C@H]1[C@H](NC(=O)/C(=N\OC(C)(C)C(=O)O)c2csc(N)n2)C(=O)N1S(=O)(=O)O.O=[N+]([O-])c1ncc[nH]1. The van der Waals surface area contributed by atoms with Gasteiger partial charge in [0.15, 0.2) is 10.8 Å². The van der Waals surface area contributed by atoms with Gasteiger partial charge in [-0.25, -0.2) is 19.1 Å². The zero-order chi connectivity index (χ0) is 27.4. The Labute approximate surface area is 206 Å². The third-order valence-corrected chi connectivity index (χ3v) is 6.07. The third kappa shape index (κ3) is 6.49. The summed E-state index contributed by atoms with van der Waals surface area (Å²) < 4.78 is 31.4. The number of nitrogens with one attached hydrogen (secondary N) is 2. The second-order valence-corrected chi connectivity index (χ2v) is 9.57. The van der Waals surface area contributed by atoms with E-state index in [1.807, 2.05) is 0 Å². The number of amides is 2. The summed E-state index contributed by atoms with van der Waals surface area (Å²) in [4.78, 5) is 59.3. The first kappa shape index (κ1) is 28.1. The molecule has 0 radical (unpaired) electrons. The van der Waals surface area contributed by atoms with E-state index in [9.17, 15) is 32.9 Å². The summed E-state index contributed by atoms with van der Waals surface area (Å²) in [6, 6.07) is -2.31. The normalized spacial score (nSPS) is 17.9. The molecular formula is C16H20N8O10S2. The van der Waals surface area contributed by atoms with Crippen LogP contribution >= 0.6 is 11.3 Å². The number of thiazole rings is 1. The van der Waals surface area contributed by atoms with Gasteiger partial charge in [-0.3, -0.25) is 14.1 Å². The number of anilines is 1. The van der Waals surface area contributed by atoms with Crippen molar-refractivity contribution in [2.24, 2.45) is 5.16 Å². The van der Waals surface area contributed by atoms with E-state index in [-0.39, 0.29) is 21.1 Å². The van der Waals surface area contributed by atoms with Gasteiger partial charge >= 0.3 is 22.2 Å². The van der Waals surface area contributed by atoms with Gasteiger partial charge in [0.2, 0.25) is 5.60 Å². The van der Waals surface area contributed by atoms with Gasteiger partial charge < -0.3 is 31.1 Å². The summed E-state index contributed by atoms with van der Waals surface area (Å²) in [5.41, 5.74) is 3.26. The molecule has 1 aliphatic rings. The van der Waals surface area contributed by atoms with Crippen molar-refractivity contribution in [3.05, 3.63) is 33.6 Å². The Hall–Kier alpha value is -4.17. The summed E-state index contributed by atoms with van der Waals surface area (Å²) in [7, 11) is -4.76. The molecule has 0 spiro atoms. The summed E-state index contributed by atoms with van der Waals surface area (Å²) >= 11 is 0.980. The summed E-state index contributed by atoms with van der Waals surface area (Å²) in [6.07, 6.45) is 2.73. The number of nitrogens with zero attached hydrogens (tertiary/aromatic N) is 5. The van der Waals surface area contributed by atoms with Crippen LogP contribution in [0.4, 0.5) is 11.1 Å². The zero-order valence-electron chi connectivity index (χ0n) is 18.7. The second-order valence-electron chi connectivity index (χ2n) is 7.39. The van der Waals surface area contributed by atoms with E-state index in [1.165, 1.54) is 38.5 Å². The lowest BCUT2D eigenvalue weighted by molar-refractivity contribution is -0.393. The molecule has 20 heteroatoms. The Kier molecular flexibility index (Phi) is 8.28. The van der Waals surface area contributed by atoms with E-state index < -0.39 is 56.4 Å². The molecule has 3 heterocycles. The van der Waals surface area contributed by atoms with Gasteiger partial charge in [-0.2, -0.15) is 8.42 Å². The van der Waals surface area contributed by atoms with Crippen LogP contribution < -0.4 is 11.1 Å². The number of oxime groups is 1. The number of H-pyrrole nitrogens is 1. The van der Waals surface area contributed by atoms with E-state index in [2.05, 4.69) is 25.4 Å². The van der Waals surface area contributed by atoms with Crippen molar-refractivity contribution in [1.29, 1.82) is 0 Å². The quantitative estimate of drug-likeness (QED) is 0.0884. The lowest BCUT2D eigenvalue weighted by atomic mass is 10.0. The summed E-state index contributed by atoms with van der Waals surface area (Å²) in [5.74, 6) is -3.59. The fraction of sp³-hybridized carbons (Fsp3) is 0.375. The van der Waals surface area contributed by atoms with Crippen LogP contribution in [0.15, 0.2) is 22.9 Å². The molecule has 0 aromatic carbocycles. The van der Waals surface area contributed by atoms with E-state index in [0.29, 0.717) is 0 Å². The number of hydrogen-bond donors (Lipinski definition) is 5. The van der Waals surface area contributed by atoms with E-state index >= 15 is 0 Å². The van der Waals surface area contributed by atoms with Crippen LogP contribution in [0.25, 0.3) is 0 Å². The van der Waals surface area contributed by atoms with Gasteiger partial charge in [0, 0.05) is 5.38 Å². The van der Waals surface area contributed by atoms with Crippen LogP contribution in [0, 0.1) is 10.1 Å². The molecule has 1 saturated heterocycles. The number of aromatic nitrogens is 3. The molecule has 0 aliphatic carbocycles. The number of carbonyl (C=O) groups excluding carboxylic acids is 2. The van der Waals surface area contributed by atoms with Crippen molar-refractivity contribution in [2.75, 3.05) is 5.73 Å². The van der Waals surface area contributed by atoms with Crippen LogP contribution in [-0.2, 0) is 29.5 Å². The van der Waals surface area contributed by atoms with Crippen LogP contribution in [0.1, 0.15) is 26.5 Å². The highest BCUT2D eigenvalue weighted by Gasteiger charge is 2.51. The molecule has 196 valence electrons. The highest BCUT2D eigenvalue weighted by Crippen LogP contribution is 2.23. The predicted molar refractivity (Wildman–Crippen MR) is 121 cm³/mol. The average Bonchev–Trinajstić information content (AvgIpc) is 3.44. The van der Waals surface area contributed by atoms with Crippen LogP contribution in [0.5, 0.6) is 0 Å². The first-order valence-electron chi connectivity index (χ1n) is 9.52. The third-order valence-electron chi connectivity index (χ3n) is 4.39. The molecule has 1 fully saturated rings. The molecule has 36 heavy (non-hydrogen) atoms. The Morgan fingerprint density at radius 3 is 2.47 bits per heavy atom. The molecule has 2 aromatic heterocycles. The highest BCUT2D eigenvalue weighted by atomic mass is 32.2. The highest BCUT2D eigenvalue weighted by molar-refractivity contribution is 7.84. The Morgan fingerprint density at radius 1 is 1.44 bits per heavy atom.